The van der Waals surface area contributed by atoms with Crippen LogP contribution in [0.3, 0.4) is 0 Å². The highest BCUT2D eigenvalue weighted by molar-refractivity contribution is 5.86. The molecule has 27 heavy (non-hydrogen) atoms. The lowest BCUT2D eigenvalue weighted by Gasteiger charge is -2.10. The van der Waals surface area contributed by atoms with Gasteiger partial charge in [0.2, 0.25) is 0 Å². The Hall–Kier alpha value is -2.99. The minimum absolute atomic E-state index is 0.0595. The highest BCUT2D eigenvalue weighted by atomic mass is 16.5. The van der Waals surface area contributed by atoms with E-state index in [-0.39, 0.29) is 12.6 Å². The van der Waals surface area contributed by atoms with Gasteiger partial charge in [-0.1, -0.05) is 30.8 Å². The van der Waals surface area contributed by atoms with Crippen molar-refractivity contribution in [3.05, 3.63) is 65.7 Å². The van der Waals surface area contributed by atoms with Gasteiger partial charge in [-0.05, 0) is 55.5 Å². The van der Waals surface area contributed by atoms with Crippen LogP contribution in [-0.2, 0) is 22.4 Å². The number of aryl methyl sites for hydroxylation is 1. The SMILES string of the molecule is C=C(C)C(=O)OCCCc1ccc(CCO)c(-n2nc3ccccc3n2)c1. The van der Waals surface area contributed by atoms with Crippen molar-refractivity contribution in [2.24, 2.45) is 0 Å². The van der Waals surface area contributed by atoms with Crippen LogP contribution >= 0.6 is 0 Å². The number of benzene rings is 2. The third kappa shape index (κ3) is 4.60. The fourth-order valence-electron chi connectivity index (χ4n) is 2.81. The number of ether oxygens (including phenoxy) is 1. The summed E-state index contributed by atoms with van der Waals surface area (Å²) in [5.41, 5.74) is 4.99. The Morgan fingerprint density at radius 1 is 1.15 bits per heavy atom. The summed E-state index contributed by atoms with van der Waals surface area (Å²) in [5.74, 6) is -0.360. The minimum Gasteiger partial charge on any atom is -0.462 e. The summed E-state index contributed by atoms with van der Waals surface area (Å²) in [6, 6.07) is 13.8. The van der Waals surface area contributed by atoms with E-state index in [4.69, 9.17) is 4.74 Å². The molecule has 0 radical (unpaired) electrons. The first-order chi connectivity index (χ1) is 13.1. The number of rotatable bonds is 8. The van der Waals surface area contributed by atoms with Gasteiger partial charge in [0.15, 0.2) is 0 Å². The van der Waals surface area contributed by atoms with Crippen LogP contribution in [0, 0.1) is 0 Å². The Labute approximate surface area is 158 Å². The molecule has 0 spiro atoms. The molecule has 0 bridgehead atoms. The molecule has 0 atom stereocenters. The van der Waals surface area contributed by atoms with Gasteiger partial charge in [0.1, 0.15) is 11.0 Å². The molecule has 140 valence electrons. The van der Waals surface area contributed by atoms with Crippen LogP contribution in [0.15, 0.2) is 54.6 Å². The molecule has 2 aromatic carbocycles. The predicted molar refractivity (Wildman–Crippen MR) is 104 cm³/mol. The first-order valence-electron chi connectivity index (χ1n) is 8.96. The number of aromatic nitrogens is 3. The van der Waals surface area contributed by atoms with E-state index >= 15 is 0 Å². The van der Waals surface area contributed by atoms with E-state index in [0.29, 0.717) is 25.0 Å². The molecule has 0 saturated heterocycles. The van der Waals surface area contributed by atoms with Crippen molar-refractivity contribution in [3.63, 3.8) is 0 Å². The first kappa shape index (κ1) is 18.8. The van der Waals surface area contributed by atoms with Gasteiger partial charge in [-0.2, -0.15) is 4.80 Å². The van der Waals surface area contributed by atoms with Crippen molar-refractivity contribution >= 4 is 17.0 Å². The molecule has 0 amide bonds. The van der Waals surface area contributed by atoms with Crippen molar-refractivity contribution in [2.75, 3.05) is 13.2 Å². The average molecular weight is 365 g/mol. The van der Waals surface area contributed by atoms with E-state index in [1.165, 1.54) is 0 Å². The predicted octanol–water partition coefficient (Wildman–Crippen LogP) is 3.01. The summed E-state index contributed by atoms with van der Waals surface area (Å²) in [6.45, 7) is 5.62. The van der Waals surface area contributed by atoms with Crippen molar-refractivity contribution in [1.82, 2.24) is 15.0 Å². The molecule has 1 aromatic heterocycles. The van der Waals surface area contributed by atoms with Gasteiger partial charge in [0, 0.05) is 12.2 Å². The van der Waals surface area contributed by atoms with E-state index in [0.717, 1.165) is 34.3 Å². The first-order valence-corrected chi connectivity index (χ1v) is 8.96. The molecular formula is C21H23N3O3. The zero-order chi connectivity index (χ0) is 19.2. The minimum atomic E-state index is -0.360. The van der Waals surface area contributed by atoms with Gasteiger partial charge in [-0.15, -0.1) is 10.2 Å². The lowest BCUT2D eigenvalue weighted by molar-refractivity contribution is -0.139. The lowest BCUT2D eigenvalue weighted by atomic mass is 10.0. The van der Waals surface area contributed by atoms with E-state index in [1.54, 1.807) is 11.7 Å². The molecular weight excluding hydrogens is 342 g/mol. The van der Waals surface area contributed by atoms with Crippen LogP contribution in [-0.4, -0.2) is 39.3 Å². The highest BCUT2D eigenvalue weighted by Gasteiger charge is 2.10. The molecule has 1 N–H and O–H groups in total. The number of aliphatic hydroxyl groups excluding tert-OH is 1. The fraction of sp³-hybridized carbons (Fsp3) is 0.286. The Balaban J connectivity index is 1.78. The molecule has 0 unspecified atom stereocenters. The maximum absolute atomic E-state index is 11.4. The van der Waals surface area contributed by atoms with Crippen LogP contribution in [0.4, 0.5) is 0 Å². The second-order valence-electron chi connectivity index (χ2n) is 6.43. The van der Waals surface area contributed by atoms with E-state index in [9.17, 15) is 9.90 Å². The number of esters is 1. The van der Waals surface area contributed by atoms with Gasteiger partial charge in [0.05, 0.1) is 12.3 Å². The summed E-state index contributed by atoms with van der Waals surface area (Å²) in [7, 11) is 0. The normalized spacial score (nSPS) is 10.9. The van der Waals surface area contributed by atoms with Crippen LogP contribution in [0.2, 0.25) is 0 Å². The smallest absolute Gasteiger partial charge is 0.333 e. The fourth-order valence-corrected chi connectivity index (χ4v) is 2.81. The van der Waals surface area contributed by atoms with Gasteiger partial charge in [0.25, 0.3) is 0 Å². The zero-order valence-corrected chi connectivity index (χ0v) is 15.4. The molecule has 0 fully saturated rings. The van der Waals surface area contributed by atoms with Crippen molar-refractivity contribution < 1.29 is 14.6 Å². The van der Waals surface area contributed by atoms with Gasteiger partial charge in [-0.3, -0.25) is 0 Å². The maximum atomic E-state index is 11.4. The summed E-state index contributed by atoms with van der Waals surface area (Å²) in [5, 5.41) is 18.5. The Morgan fingerprint density at radius 3 is 2.48 bits per heavy atom. The number of hydrogen-bond donors (Lipinski definition) is 1. The summed E-state index contributed by atoms with van der Waals surface area (Å²) in [4.78, 5) is 13.1. The van der Waals surface area contributed by atoms with Crippen LogP contribution in [0.1, 0.15) is 24.5 Å². The molecule has 3 rings (SSSR count). The third-order valence-electron chi connectivity index (χ3n) is 4.22. The number of fused-ring (bicyclic) bond motifs is 1. The van der Waals surface area contributed by atoms with Gasteiger partial charge >= 0.3 is 5.97 Å². The van der Waals surface area contributed by atoms with Gasteiger partial charge in [-0.25, -0.2) is 4.79 Å². The topological polar surface area (TPSA) is 77.2 Å². The summed E-state index contributed by atoms with van der Waals surface area (Å²) >= 11 is 0. The Kier molecular flexibility index (Phi) is 5.98. The molecule has 3 aromatic rings. The molecule has 1 heterocycles. The molecule has 0 aliphatic heterocycles. The Morgan fingerprint density at radius 2 is 1.85 bits per heavy atom. The largest absolute Gasteiger partial charge is 0.462 e. The lowest BCUT2D eigenvalue weighted by Crippen LogP contribution is -2.08. The quantitative estimate of drug-likeness (QED) is 0.377. The molecule has 0 aliphatic rings. The number of hydrogen-bond acceptors (Lipinski definition) is 5. The van der Waals surface area contributed by atoms with Crippen LogP contribution in [0.25, 0.3) is 16.7 Å². The van der Waals surface area contributed by atoms with E-state index < -0.39 is 0 Å². The number of nitrogens with zero attached hydrogens (tertiary/aromatic N) is 3. The summed E-state index contributed by atoms with van der Waals surface area (Å²) in [6.07, 6.45) is 2.01. The number of carbonyl (C=O) groups is 1. The van der Waals surface area contributed by atoms with Crippen molar-refractivity contribution in [2.45, 2.75) is 26.2 Å². The second-order valence-corrected chi connectivity index (χ2v) is 6.43. The number of aliphatic hydroxyl groups is 1. The zero-order valence-electron chi connectivity index (χ0n) is 15.4. The van der Waals surface area contributed by atoms with Crippen LogP contribution in [0.5, 0.6) is 0 Å². The molecule has 0 aliphatic carbocycles. The number of carbonyl (C=O) groups excluding carboxylic acids is 1. The summed E-state index contributed by atoms with van der Waals surface area (Å²) < 4.78 is 5.14. The van der Waals surface area contributed by atoms with Crippen LogP contribution < -0.4 is 0 Å². The van der Waals surface area contributed by atoms with Crippen molar-refractivity contribution in [3.8, 4) is 5.69 Å². The molecule has 6 nitrogen and oxygen atoms in total. The van der Waals surface area contributed by atoms with Gasteiger partial charge < -0.3 is 9.84 Å². The molecule has 0 saturated carbocycles. The van der Waals surface area contributed by atoms with E-state index in [2.05, 4.69) is 16.8 Å². The van der Waals surface area contributed by atoms with Crippen molar-refractivity contribution in [1.29, 1.82) is 0 Å². The third-order valence-corrected chi connectivity index (χ3v) is 4.22. The van der Waals surface area contributed by atoms with E-state index in [1.807, 2.05) is 42.5 Å². The molecule has 6 heteroatoms. The Bertz CT molecular complexity index is 929. The maximum Gasteiger partial charge on any atom is 0.333 e. The monoisotopic (exact) mass is 365 g/mol. The standard InChI is InChI=1S/C21H23N3O3/c1-15(2)21(26)27-13-5-6-16-9-10-17(11-12-25)20(14-16)24-22-18-7-3-4-8-19(18)23-24/h3-4,7-10,14,25H,1,5-6,11-13H2,2H3. The highest BCUT2D eigenvalue weighted by Crippen LogP contribution is 2.19. The second kappa shape index (κ2) is 8.60. The average Bonchev–Trinajstić information content (AvgIpc) is 3.10.